The molecule has 1 rings (SSSR count). The van der Waals surface area contributed by atoms with Crippen LogP contribution in [0.15, 0.2) is 30.8 Å². The molecule has 2 heteroatoms. The Hall–Kier alpha value is -0.600. The van der Waals surface area contributed by atoms with E-state index in [1.54, 1.807) is 0 Å². The zero-order valence-electron chi connectivity index (χ0n) is 19.7. The van der Waals surface area contributed by atoms with Crippen LogP contribution in [0.2, 0.25) is 0 Å². The molecule has 0 atom stereocenters. The zero-order chi connectivity index (χ0) is 20.5. The third kappa shape index (κ3) is 12.6. The third-order valence-corrected chi connectivity index (χ3v) is 6.16. The Labute approximate surface area is 193 Å². The van der Waals surface area contributed by atoms with E-state index in [4.69, 9.17) is 0 Å². The lowest BCUT2D eigenvalue weighted by molar-refractivity contribution is -0.941. The second-order valence-corrected chi connectivity index (χ2v) is 8.80. The zero-order valence-corrected chi connectivity index (χ0v) is 21.3. The molecule has 0 saturated heterocycles. The van der Waals surface area contributed by atoms with Crippen LogP contribution in [-0.4, -0.2) is 24.1 Å². The van der Waals surface area contributed by atoms with Crippen LogP contribution in [0.1, 0.15) is 109 Å². The fourth-order valence-electron chi connectivity index (χ4n) is 4.40. The van der Waals surface area contributed by atoms with Gasteiger partial charge in [-0.2, -0.15) is 0 Å². The highest BCUT2D eigenvalue weighted by molar-refractivity contribution is 5.47. The minimum Gasteiger partial charge on any atom is -1.00 e. The summed E-state index contributed by atoms with van der Waals surface area (Å²) in [5.74, 6) is 0. The minimum absolute atomic E-state index is 0. The van der Waals surface area contributed by atoms with Crippen LogP contribution in [-0.2, 0) is 6.54 Å². The van der Waals surface area contributed by atoms with Gasteiger partial charge in [-0.15, -0.1) is 0 Å². The molecule has 168 valence electrons. The van der Waals surface area contributed by atoms with Crippen molar-refractivity contribution in [2.75, 3.05) is 19.6 Å². The molecule has 1 aromatic rings. The van der Waals surface area contributed by atoms with Gasteiger partial charge in [0.1, 0.15) is 6.54 Å². The van der Waals surface area contributed by atoms with Crippen LogP contribution in [0.5, 0.6) is 0 Å². The average Bonchev–Trinajstić information content (AvgIpc) is 2.72. The summed E-state index contributed by atoms with van der Waals surface area (Å²) in [5.41, 5.74) is 2.76. The number of hydrogen-bond acceptors (Lipinski definition) is 0. The minimum atomic E-state index is 0. The first-order valence-electron chi connectivity index (χ1n) is 12.3. The van der Waals surface area contributed by atoms with Gasteiger partial charge in [0.25, 0.3) is 0 Å². The summed E-state index contributed by atoms with van der Waals surface area (Å²) in [5, 5.41) is 0. The van der Waals surface area contributed by atoms with E-state index in [1.807, 2.05) is 6.08 Å². The second kappa shape index (κ2) is 18.2. The van der Waals surface area contributed by atoms with Gasteiger partial charge in [0, 0.05) is 5.56 Å². The van der Waals surface area contributed by atoms with Gasteiger partial charge in [-0.25, -0.2) is 0 Å². The Morgan fingerprint density at radius 1 is 0.724 bits per heavy atom. The maximum atomic E-state index is 3.97. The van der Waals surface area contributed by atoms with Crippen molar-refractivity contribution in [2.45, 2.75) is 104 Å². The van der Waals surface area contributed by atoms with E-state index in [0.29, 0.717) is 0 Å². The summed E-state index contributed by atoms with van der Waals surface area (Å²) in [6, 6.07) is 9.09. The SMILES string of the molecule is C=Cc1cccc(C[N+](CCCCCC)(CCCCCC)CCCCCC)c1.[Br-]. The smallest absolute Gasteiger partial charge is 0.104 e. The fraction of sp³-hybridized carbons (Fsp3) is 0.704. The average molecular weight is 467 g/mol. The Balaban J connectivity index is 0.00000784. The highest BCUT2D eigenvalue weighted by Crippen LogP contribution is 2.22. The standard InChI is InChI=1S/C27H48N.BrH/c1-5-9-12-15-21-28(22-16-13-10-6-2,23-17-14-11-7-3)25-27-20-18-19-26(8-4)24-27;/h8,18-20,24H,4-7,9-17,21-23,25H2,1-3H3;1H/q+1;/p-1. The number of unbranched alkanes of at least 4 members (excludes halogenated alkanes) is 9. The molecule has 0 aromatic heterocycles. The van der Waals surface area contributed by atoms with E-state index in [-0.39, 0.29) is 17.0 Å². The number of nitrogens with zero attached hydrogens (tertiary/aromatic N) is 1. The van der Waals surface area contributed by atoms with Crippen LogP contribution >= 0.6 is 0 Å². The van der Waals surface area contributed by atoms with Crippen molar-refractivity contribution in [1.29, 1.82) is 0 Å². The first kappa shape index (κ1) is 28.4. The monoisotopic (exact) mass is 465 g/mol. The fourth-order valence-corrected chi connectivity index (χ4v) is 4.40. The summed E-state index contributed by atoms with van der Waals surface area (Å²) in [6.07, 6.45) is 18.5. The van der Waals surface area contributed by atoms with Gasteiger partial charge in [0.15, 0.2) is 0 Å². The van der Waals surface area contributed by atoms with Crippen molar-refractivity contribution < 1.29 is 21.5 Å². The van der Waals surface area contributed by atoms with Gasteiger partial charge in [-0.1, -0.05) is 90.2 Å². The van der Waals surface area contributed by atoms with Crippen LogP contribution in [0, 0.1) is 0 Å². The van der Waals surface area contributed by atoms with Gasteiger partial charge >= 0.3 is 0 Å². The number of benzene rings is 1. The first-order valence-corrected chi connectivity index (χ1v) is 12.3. The normalized spacial score (nSPS) is 11.3. The van der Waals surface area contributed by atoms with Crippen molar-refractivity contribution in [3.8, 4) is 0 Å². The van der Waals surface area contributed by atoms with Crippen molar-refractivity contribution in [2.24, 2.45) is 0 Å². The molecule has 0 aliphatic rings. The van der Waals surface area contributed by atoms with Crippen LogP contribution in [0.25, 0.3) is 6.08 Å². The number of rotatable bonds is 18. The lowest BCUT2D eigenvalue weighted by Gasteiger charge is -2.39. The molecule has 0 heterocycles. The molecule has 29 heavy (non-hydrogen) atoms. The molecule has 1 nitrogen and oxygen atoms in total. The summed E-state index contributed by atoms with van der Waals surface area (Å²) < 4.78 is 1.30. The maximum Gasteiger partial charge on any atom is 0.104 e. The van der Waals surface area contributed by atoms with E-state index in [9.17, 15) is 0 Å². The van der Waals surface area contributed by atoms with E-state index in [1.165, 1.54) is 119 Å². The van der Waals surface area contributed by atoms with E-state index < -0.39 is 0 Å². The first-order chi connectivity index (χ1) is 13.7. The third-order valence-electron chi connectivity index (χ3n) is 6.16. The van der Waals surface area contributed by atoms with E-state index >= 15 is 0 Å². The van der Waals surface area contributed by atoms with Gasteiger partial charge in [0.2, 0.25) is 0 Å². The molecule has 1 aromatic carbocycles. The highest BCUT2D eigenvalue weighted by Gasteiger charge is 2.26. The Kier molecular flexibility index (Phi) is 17.8. The molecule has 0 radical (unpaired) electrons. The summed E-state index contributed by atoms with van der Waals surface area (Å²) in [6.45, 7) is 16.2. The molecule has 0 amide bonds. The molecule has 0 spiro atoms. The maximum absolute atomic E-state index is 3.97. The van der Waals surface area contributed by atoms with E-state index in [2.05, 4.69) is 51.6 Å². The highest BCUT2D eigenvalue weighted by atomic mass is 79.9. The van der Waals surface area contributed by atoms with Crippen LogP contribution < -0.4 is 17.0 Å². The topological polar surface area (TPSA) is 0 Å². The molecule has 0 fully saturated rings. The van der Waals surface area contributed by atoms with Gasteiger partial charge < -0.3 is 21.5 Å². The quantitative estimate of drug-likeness (QED) is 0.201. The largest absolute Gasteiger partial charge is 1.00 e. The van der Waals surface area contributed by atoms with Crippen molar-refractivity contribution >= 4 is 6.08 Å². The predicted octanol–water partition coefficient (Wildman–Crippen LogP) is 5.39. The Morgan fingerprint density at radius 3 is 1.62 bits per heavy atom. The lowest BCUT2D eigenvalue weighted by atomic mass is 10.0. The molecule has 0 saturated carbocycles. The summed E-state index contributed by atoms with van der Waals surface area (Å²) in [7, 11) is 0. The number of halogens is 1. The molecule has 0 bridgehead atoms. The molecule has 0 unspecified atom stereocenters. The number of quaternary nitrogens is 1. The van der Waals surface area contributed by atoms with Gasteiger partial charge in [0.05, 0.1) is 19.6 Å². The Bertz CT molecular complexity index is 480. The van der Waals surface area contributed by atoms with Gasteiger partial charge in [-0.3, -0.25) is 0 Å². The summed E-state index contributed by atoms with van der Waals surface area (Å²) >= 11 is 0. The van der Waals surface area contributed by atoms with Crippen molar-refractivity contribution in [3.63, 3.8) is 0 Å². The second-order valence-electron chi connectivity index (χ2n) is 8.80. The van der Waals surface area contributed by atoms with Crippen LogP contribution in [0.4, 0.5) is 0 Å². The van der Waals surface area contributed by atoms with Gasteiger partial charge in [-0.05, 0) is 50.2 Å². The van der Waals surface area contributed by atoms with Crippen molar-refractivity contribution in [3.05, 3.63) is 42.0 Å². The summed E-state index contributed by atoms with van der Waals surface area (Å²) in [4.78, 5) is 0. The van der Waals surface area contributed by atoms with Crippen LogP contribution in [0.3, 0.4) is 0 Å². The Morgan fingerprint density at radius 2 is 1.21 bits per heavy atom. The molecular weight excluding hydrogens is 418 g/mol. The molecular formula is C27H48BrN. The van der Waals surface area contributed by atoms with Crippen molar-refractivity contribution in [1.82, 2.24) is 0 Å². The van der Waals surface area contributed by atoms with E-state index in [0.717, 1.165) is 0 Å². The molecule has 0 aliphatic heterocycles. The molecule has 0 aliphatic carbocycles. The molecule has 0 N–H and O–H groups in total. The lowest BCUT2D eigenvalue weighted by Crippen LogP contribution is -3.00. The number of hydrogen-bond donors (Lipinski definition) is 0. The predicted molar refractivity (Wildman–Crippen MR) is 128 cm³/mol.